The fraction of sp³-hybridized carbons (Fsp3) is 0.385. The maximum atomic E-state index is 11.0. The average molecular weight is 301 g/mol. The van der Waals surface area contributed by atoms with Gasteiger partial charge in [-0.15, -0.1) is 0 Å². The topological polar surface area (TPSA) is 73.6 Å². The number of halogens is 1. The van der Waals surface area contributed by atoms with Crippen LogP contribution in [-0.4, -0.2) is 31.8 Å². The molecule has 110 valence electrons. The van der Waals surface area contributed by atoms with Gasteiger partial charge in [0.15, 0.2) is 5.75 Å². The zero-order valence-corrected chi connectivity index (χ0v) is 12.0. The van der Waals surface area contributed by atoms with Crippen LogP contribution in [0.1, 0.15) is 5.56 Å². The maximum Gasteiger partial charge on any atom is 0.311 e. The van der Waals surface area contributed by atoms with Gasteiger partial charge in [0.2, 0.25) is 0 Å². The summed E-state index contributed by atoms with van der Waals surface area (Å²) in [5, 5.41) is 14.4. The molecule has 0 radical (unpaired) electrons. The van der Waals surface area contributed by atoms with Gasteiger partial charge in [-0.05, 0) is 11.6 Å². The van der Waals surface area contributed by atoms with Gasteiger partial charge in [0.25, 0.3) is 0 Å². The number of hydrogen-bond donors (Lipinski definition) is 1. The molecule has 1 N–H and O–H groups in total. The van der Waals surface area contributed by atoms with Gasteiger partial charge >= 0.3 is 5.69 Å². The molecule has 0 aromatic heterocycles. The van der Waals surface area contributed by atoms with Gasteiger partial charge in [0.1, 0.15) is 6.61 Å². The molecule has 1 rings (SSSR count). The van der Waals surface area contributed by atoms with Crippen molar-refractivity contribution < 1.29 is 14.4 Å². The molecule has 0 spiro atoms. The number of nitrogens with zero attached hydrogens (tertiary/aromatic N) is 1. The number of nitrogens with one attached hydrogen (secondary N) is 1. The standard InChI is InChI=1S/C13H17ClN2O4/c1-10(14)9-20-13-4-3-11(7-12(13)16(17)18)8-15-5-6-19-2/h3-4,7,15H,1,5-6,8-9H2,2H3. The fourth-order valence-corrected chi connectivity index (χ4v) is 1.56. The molecule has 1 aromatic rings. The average Bonchev–Trinajstić information content (AvgIpc) is 2.41. The third kappa shape index (κ3) is 5.56. The van der Waals surface area contributed by atoms with Crippen LogP contribution in [0.25, 0.3) is 0 Å². The first-order chi connectivity index (χ1) is 9.54. The molecule has 0 heterocycles. The number of benzene rings is 1. The normalized spacial score (nSPS) is 10.3. The number of ether oxygens (including phenoxy) is 2. The van der Waals surface area contributed by atoms with Gasteiger partial charge in [0.05, 0.1) is 11.5 Å². The van der Waals surface area contributed by atoms with Crippen LogP contribution in [0.3, 0.4) is 0 Å². The maximum absolute atomic E-state index is 11.0. The van der Waals surface area contributed by atoms with Crippen molar-refractivity contribution in [3.63, 3.8) is 0 Å². The van der Waals surface area contributed by atoms with E-state index in [1.165, 1.54) is 6.07 Å². The Hall–Kier alpha value is -1.63. The van der Waals surface area contributed by atoms with Crippen LogP contribution in [0.5, 0.6) is 5.75 Å². The van der Waals surface area contributed by atoms with Crippen LogP contribution in [0.15, 0.2) is 29.8 Å². The fourth-order valence-electron chi connectivity index (χ4n) is 1.50. The minimum Gasteiger partial charge on any atom is -0.481 e. The van der Waals surface area contributed by atoms with E-state index >= 15 is 0 Å². The molecule has 6 nitrogen and oxygen atoms in total. The van der Waals surface area contributed by atoms with Crippen molar-refractivity contribution in [2.24, 2.45) is 0 Å². The lowest BCUT2D eigenvalue weighted by Gasteiger charge is -2.08. The number of rotatable bonds is 9. The first-order valence-corrected chi connectivity index (χ1v) is 6.35. The van der Waals surface area contributed by atoms with E-state index in [1.807, 2.05) is 0 Å². The molecule has 0 saturated carbocycles. The van der Waals surface area contributed by atoms with Gasteiger partial charge in [-0.3, -0.25) is 10.1 Å². The first-order valence-electron chi connectivity index (χ1n) is 5.97. The lowest BCUT2D eigenvalue weighted by atomic mass is 10.2. The van der Waals surface area contributed by atoms with Crippen LogP contribution >= 0.6 is 11.6 Å². The Kier molecular flexibility index (Phi) is 7.00. The quantitative estimate of drug-likeness (QED) is 0.431. The van der Waals surface area contributed by atoms with E-state index in [0.29, 0.717) is 19.7 Å². The number of hydrogen-bond acceptors (Lipinski definition) is 5. The van der Waals surface area contributed by atoms with Crippen LogP contribution in [0.2, 0.25) is 0 Å². The third-order valence-electron chi connectivity index (χ3n) is 2.42. The molecule has 0 aliphatic rings. The highest BCUT2D eigenvalue weighted by Gasteiger charge is 2.16. The van der Waals surface area contributed by atoms with Crippen molar-refractivity contribution in [3.05, 3.63) is 45.5 Å². The summed E-state index contributed by atoms with van der Waals surface area (Å²) in [6, 6.07) is 4.80. The lowest BCUT2D eigenvalue weighted by molar-refractivity contribution is -0.385. The van der Waals surface area contributed by atoms with Gasteiger partial charge < -0.3 is 14.8 Å². The Morgan fingerprint density at radius 1 is 1.55 bits per heavy atom. The van der Waals surface area contributed by atoms with Crippen molar-refractivity contribution in [1.29, 1.82) is 0 Å². The van der Waals surface area contributed by atoms with Crippen LogP contribution in [0.4, 0.5) is 5.69 Å². The minimum atomic E-state index is -0.481. The summed E-state index contributed by atoms with van der Waals surface area (Å²) in [4.78, 5) is 10.5. The van der Waals surface area contributed by atoms with Crippen molar-refractivity contribution in [2.45, 2.75) is 6.54 Å². The number of nitro benzene ring substituents is 1. The summed E-state index contributed by atoms with van der Waals surface area (Å²) in [6.07, 6.45) is 0. The molecule has 20 heavy (non-hydrogen) atoms. The lowest BCUT2D eigenvalue weighted by Crippen LogP contribution is -2.18. The summed E-state index contributed by atoms with van der Waals surface area (Å²) in [5.41, 5.74) is 0.707. The molecule has 0 saturated heterocycles. The second kappa shape index (κ2) is 8.52. The second-order valence-electron chi connectivity index (χ2n) is 4.03. The second-order valence-corrected chi connectivity index (χ2v) is 4.57. The highest BCUT2D eigenvalue weighted by molar-refractivity contribution is 6.29. The van der Waals surface area contributed by atoms with E-state index in [-0.39, 0.29) is 23.1 Å². The summed E-state index contributed by atoms with van der Waals surface area (Å²) >= 11 is 5.58. The summed E-state index contributed by atoms with van der Waals surface area (Å²) in [7, 11) is 1.61. The largest absolute Gasteiger partial charge is 0.481 e. The molecule has 7 heteroatoms. The van der Waals surface area contributed by atoms with E-state index in [4.69, 9.17) is 21.1 Å². The first kappa shape index (κ1) is 16.4. The SMILES string of the molecule is C=C(Cl)COc1ccc(CNCCOC)cc1[N+](=O)[O-]. The zero-order valence-electron chi connectivity index (χ0n) is 11.2. The highest BCUT2D eigenvalue weighted by atomic mass is 35.5. The molecule has 0 fully saturated rings. The summed E-state index contributed by atoms with van der Waals surface area (Å²) in [5.74, 6) is 0.178. The van der Waals surface area contributed by atoms with E-state index in [1.54, 1.807) is 19.2 Å². The molecule has 1 aromatic carbocycles. The van der Waals surface area contributed by atoms with Crippen molar-refractivity contribution in [3.8, 4) is 5.75 Å². The van der Waals surface area contributed by atoms with Crippen LogP contribution in [-0.2, 0) is 11.3 Å². The van der Waals surface area contributed by atoms with Gasteiger partial charge in [0, 0.05) is 31.3 Å². The van der Waals surface area contributed by atoms with Gasteiger partial charge in [-0.25, -0.2) is 0 Å². The molecule has 0 aliphatic carbocycles. The molecular weight excluding hydrogens is 284 g/mol. The molecule has 0 aliphatic heterocycles. The number of nitro groups is 1. The number of methoxy groups -OCH3 is 1. The predicted molar refractivity (Wildman–Crippen MR) is 77.2 cm³/mol. The Balaban J connectivity index is 2.73. The third-order valence-corrected chi connectivity index (χ3v) is 2.53. The molecule has 0 amide bonds. The highest BCUT2D eigenvalue weighted by Crippen LogP contribution is 2.28. The molecule has 0 atom stereocenters. The van der Waals surface area contributed by atoms with E-state index in [2.05, 4.69) is 11.9 Å². The Morgan fingerprint density at radius 2 is 2.30 bits per heavy atom. The van der Waals surface area contributed by atoms with E-state index < -0.39 is 4.92 Å². The molecular formula is C13H17ClN2O4. The van der Waals surface area contributed by atoms with E-state index in [0.717, 1.165) is 5.56 Å². The van der Waals surface area contributed by atoms with Crippen LogP contribution < -0.4 is 10.1 Å². The summed E-state index contributed by atoms with van der Waals surface area (Å²) < 4.78 is 10.1. The summed E-state index contributed by atoms with van der Waals surface area (Å²) in [6.45, 7) is 5.28. The minimum absolute atomic E-state index is 0.0355. The smallest absolute Gasteiger partial charge is 0.311 e. The van der Waals surface area contributed by atoms with Gasteiger partial charge in [-0.2, -0.15) is 0 Å². The van der Waals surface area contributed by atoms with Crippen molar-refractivity contribution in [2.75, 3.05) is 26.9 Å². The molecule has 0 unspecified atom stereocenters. The van der Waals surface area contributed by atoms with E-state index in [9.17, 15) is 10.1 Å². The van der Waals surface area contributed by atoms with Gasteiger partial charge in [-0.1, -0.05) is 24.2 Å². The van der Waals surface area contributed by atoms with Crippen molar-refractivity contribution in [1.82, 2.24) is 5.32 Å². The Bertz CT molecular complexity index is 479. The Labute approximate surface area is 122 Å². The molecule has 0 bridgehead atoms. The zero-order chi connectivity index (χ0) is 15.0. The van der Waals surface area contributed by atoms with Crippen LogP contribution in [0, 0.1) is 10.1 Å². The monoisotopic (exact) mass is 300 g/mol. The van der Waals surface area contributed by atoms with Crippen molar-refractivity contribution >= 4 is 17.3 Å². The predicted octanol–water partition coefficient (Wildman–Crippen LogP) is 2.46. The Morgan fingerprint density at radius 3 is 2.90 bits per heavy atom.